The first kappa shape index (κ1) is 16.2. The number of esters is 2. The third-order valence-electron chi connectivity index (χ3n) is 2.76. The summed E-state index contributed by atoms with van der Waals surface area (Å²) in [5.74, 6) is -0.896. The monoisotopic (exact) mass is 280 g/mol. The Bertz CT molecular complexity index is 443. The van der Waals surface area contributed by atoms with Gasteiger partial charge in [-0.25, -0.2) is 0 Å². The predicted molar refractivity (Wildman–Crippen MR) is 72.9 cm³/mol. The lowest BCUT2D eigenvalue weighted by molar-refractivity contribution is -0.167. The molecule has 0 heterocycles. The van der Waals surface area contributed by atoms with Crippen LogP contribution in [-0.4, -0.2) is 32.3 Å². The first-order chi connectivity index (χ1) is 9.48. The van der Waals surface area contributed by atoms with E-state index < -0.39 is 17.4 Å². The Kier molecular flexibility index (Phi) is 6.18. The minimum Gasteiger partial charge on any atom is -0.465 e. The van der Waals surface area contributed by atoms with Crippen LogP contribution in [0.15, 0.2) is 30.3 Å². The molecular formula is C15H20O5. The van der Waals surface area contributed by atoms with E-state index >= 15 is 0 Å². The highest BCUT2D eigenvalue weighted by atomic mass is 16.6. The SMILES string of the molecule is COCC(C)(COC(C)=O)C(=O)OCc1ccccc1. The Hall–Kier alpha value is -1.88. The van der Waals surface area contributed by atoms with Gasteiger partial charge < -0.3 is 14.2 Å². The molecule has 20 heavy (non-hydrogen) atoms. The summed E-state index contributed by atoms with van der Waals surface area (Å²) >= 11 is 0. The third kappa shape index (κ3) is 5.01. The normalized spacial score (nSPS) is 13.3. The molecule has 1 aromatic rings. The molecule has 0 aliphatic rings. The topological polar surface area (TPSA) is 61.8 Å². The van der Waals surface area contributed by atoms with Crippen LogP contribution < -0.4 is 0 Å². The van der Waals surface area contributed by atoms with Crippen LogP contribution >= 0.6 is 0 Å². The highest BCUT2D eigenvalue weighted by Crippen LogP contribution is 2.20. The summed E-state index contributed by atoms with van der Waals surface area (Å²) < 4.78 is 15.2. The second-order valence-corrected chi connectivity index (χ2v) is 4.84. The Morgan fingerprint density at radius 3 is 2.30 bits per heavy atom. The summed E-state index contributed by atoms with van der Waals surface area (Å²) in [6.07, 6.45) is 0. The van der Waals surface area contributed by atoms with E-state index in [4.69, 9.17) is 14.2 Å². The van der Waals surface area contributed by atoms with Crippen molar-refractivity contribution in [1.29, 1.82) is 0 Å². The smallest absolute Gasteiger partial charge is 0.317 e. The zero-order chi connectivity index (χ0) is 15.0. The molecule has 1 rings (SSSR count). The summed E-state index contributed by atoms with van der Waals surface area (Å²) in [5, 5.41) is 0. The average Bonchev–Trinajstić information content (AvgIpc) is 2.44. The van der Waals surface area contributed by atoms with Crippen molar-refractivity contribution in [3.8, 4) is 0 Å². The fourth-order valence-electron chi connectivity index (χ4n) is 1.64. The van der Waals surface area contributed by atoms with Gasteiger partial charge in [0.1, 0.15) is 18.6 Å². The molecule has 0 saturated heterocycles. The quantitative estimate of drug-likeness (QED) is 0.714. The van der Waals surface area contributed by atoms with Crippen LogP contribution in [-0.2, 0) is 30.4 Å². The maximum Gasteiger partial charge on any atom is 0.317 e. The molecule has 5 nitrogen and oxygen atoms in total. The van der Waals surface area contributed by atoms with Crippen LogP contribution in [0.3, 0.4) is 0 Å². The molecule has 0 N–H and O–H groups in total. The summed E-state index contributed by atoms with van der Waals surface area (Å²) in [7, 11) is 1.48. The van der Waals surface area contributed by atoms with Crippen molar-refractivity contribution >= 4 is 11.9 Å². The summed E-state index contributed by atoms with van der Waals surface area (Å²) in [6.45, 7) is 3.17. The molecule has 0 aromatic heterocycles. The van der Waals surface area contributed by atoms with Gasteiger partial charge in [-0.3, -0.25) is 9.59 Å². The van der Waals surface area contributed by atoms with Gasteiger partial charge in [-0.15, -0.1) is 0 Å². The maximum absolute atomic E-state index is 12.1. The van der Waals surface area contributed by atoms with E-state index in [1.807, 2.05) is 30.3 Å². The molecule has 1 aromatic carbocycles. The Labute approximate surface area is 118 Å². The molecule has 0 aliphatic heterocycles. The molecule has 0 bridgehead atoms. The number of rotatable bonds is 7. The molecule has 0 spiro atoms. The first-order valence-corrected chi connectivity index (χ1v) is 6.31. The number of methoxy groups -OCH3 is 1. The van der Waals surface area contributed by atoms with Crippen LogP contribution in [0.1, 0.15) is 19.4 Å². The first-order valence-electron chi connectivity index (χ1n) is 6.31. The van der Waals surface area contributed by atoms with E-state index in [2.05, 4.69) is 0 Å². The maximum atomic E-state index is 12.1. The average molecular weight is 280 g/mol. The predicted octanol–water partition coefficient (Wildman–Crippen LogP) is 1.95. The standard InChI is InChI=1S/C15H20O5/c1-12(16)20-11-15(2,10-18-3)14(17)19-9-13-7-5-4-6-8-13/h4-8H,9-11H2,1-3H3. The number of carbonyl (C=O) groups excluding carboxylic acids is 2. The van der Waals surface area contributed by atoms with E-state index in [1.54, 1.807) is 6.92 Å². The van der Waals surface area contributed by atoms with Crippen molar-refractivity contribution in [3.63, 3.8) is 0 Å². The Morgan fingerprint density at radius 2 is 1.75 bits per heavy atom. The van der Waals surface area contributed by atoms with Gasteiger partial charge in [-0.2, -0.15) is 0 Å². The van der Waals surface area contributed by atoms with Crippen LogP contribution in [0.2, 0.25) is 0 Å². The van der Waals surface area contributed by atoms with Gasteiger partial charge >= 0.3 is 11.9 Å². The van der Waals surface area contributed by atoms with Crippen molar-refractivity contribution < 1.29 is 23.8 Å². The van der Waals surface area contributed by atoms with Crippen molar-refractivity contribution in [2.75, 3.05) is 20.3 Å². The van der Waals surface area contributed by atoms with Crippen LogP contribution in [0.4, 0.5) is 0 Å². The number of hydrogen-bond acceptors (Lipinski definition) is 5. The van der Waals surface area contributed by atoms with Crippen molar-refractivity contribution in [2.24, 2.45) is 5.41 Å². The second kappa shape index (κ2) is 7.65. The highest BCUT2D eigenvalue weighted by Gasteiger charge is 2.36. The van der Waals surface area contributed by atoms with E-state index in [9.17, 15) is 9.59 Å². The lowest BCUT2D eigenvalue weighted by Crippen LogP contribution is -2.39. The Balaban J connectivity index is 2.61. The van der Waals surface area contributed by atoms with E-state index in [-0.39, 0.29) is 19.8 Å². The van der Waals surface area contributed by atoms with Gasteiger partial charge in [-0.05, 0) is 12.5 Å². The molecule has 5 heteroatoms. The molecule has 0 aliphatic carbocycles. The molecular weight excluding hydrogens is 260 g/mol. The summed E-state index contributed by atoms with van der Waals surface area (Å²) in [4.78, 5) is 23.0. The third-order valence-corrected chi connectivity index (χ3v) is 2.76. The molecule has 1 unspecified atom stereocenters. The van der Waals surface area contributed by atoms with Gasteiger partial charge in [0, 0.05) is 14.0 Å². The number of hydrogen-bond donors (Lipinski definition) is 0. The largest absolute Gasteiger partial charge is 0.465 e. The zero-order valence-electron chi connectivity index (χ0n) is 12.0. The van der Waals surface area contributed by atoms with Crippen molar-refractivity contribution in [3.05, 3.63) is 35.9 Å². The molecule has 1 atom stereocenters. The number of benzene rings is 1. The van der Waals surface area contributed by atoms with Crippen molar-refractivity contribution in [2.45, 2.75) is 20.5 Å². The van der Waals surface area contributed by atoms with Crippen LogP contribution in [0.5, 0.6) is 0 Å². The second-order valence-electron chi connectivity index (χ2n) is 4.84. The van der Waals surface area contributed by atoms with Crippen LogP contribution in [0.25, 0.3) is 0 Å². The summed E-state index contributed by atoms with van der Waals surface area (Å²) in [5.41, 5.74) is -0.108. The minimum atomic E-state index is -1.00. The van der Waals surface area contributed by atoms with Gasteiger partial charge in [0.05, 0.1) is 6.61 Å². The molecule has 0 radical (unpaired) electrons. The fraction of sp³-hybridized carbons (Fsp3) is 0.467. The Morgan fingerprint density at radius 1 is 1.10 bits per heavy atom. The number of ether oxygens (including phenoxy) is 3. The lowest BCUT2D eigenvalue weighted by Gasteiger charge is -2.25. The van der Waals surface area contributed by atoms with E-state index in [1.165, 1.54) is 14.0 Å². The van der Waals surface area contributed by atoms with Crippen molar-refractivity contribution in [1.82, 2.24) is 0 Å². The van der Waals surface area contributed by atoms with Gasteiger partial charge in [-0.1, -0.05) is 30.3 Å². The molecule has 0 saturated carbocycles. The zero-order valence-corrected chi connectivity index (χ0v) is 12.0. The highest BCUT2D eigenvalue weighted by molar-refractivity contribution is 5.77. The van der Waals surface area contributed by atoms with E-state index in [0.29, 0.717) is 0 Å². The lowest BCUT2D eigenvalue weighted by atomic mass is 9.93. The van der Waals surface area contributed by atoms with Gasteiger partial charge in [0.15, 0.2) is 0 Å². The molecule has 0 amide bonds. The fourth-order valence-corrected chi connectivity index (χ4v) is 1.64. The summed E-state index contributed by atoms with van der Waals surface area (Å²) in [6, 6.07) is 9.37. The minimum absolute atomic E-state index is 0.0657. The van der Waals surface area contributed by atoms with Gasteiger partial charge in [0.25, 0.3) is 0 Å². The number of carbonyl (C=O) groups is 2. The molecule has 110 valence electrons. The van der Waals surface area contributed by atoms with E-state index in [0.717, 1.165) is 5.56 Å². The van der Waals surface area contributed by atoms with Crippen LogP contribution in [0, 0.1) is 5.41 Å². The molecule has 0 fully saturated rings. The van der Waals surface area contributed by atoms with Gasteiger partial charge in [0.2, 0.25) is 0 Å².